The van der Waals surface area contributed by atoms with Gasteiger partial charge < -0.3 is 14.2 Å². The summed E-state index contributed by atoms with van der Waals surface area (Å²) >= 11 is 0. The van der Waals surface area contributed by atoms with Gasteiger partial charge in [-0.05, 0) is 70.6 Å². The number of hydrogen-bond donors (Lipinski definition) is 0. The summed E-state index contributed by atoms with van der Waals surface area (Å²) in [5.41, 5.74) is 0. The lowest BCUT2D eigenvalue weighted by Gasteiger charge is -2.18. The van der Waals surface area contributed by atoms with E-state index >= 15 is 0 Å². The Hall–Kier alpha value is -3.15. The number of esters is 3. The van der Waals surface area contributed by atoms with Crippen LogP contribution in [0.3, 0.4) is 0 Å². The Kier molecular flexibility index (Phi) is 48.9. The number of carbonyl (C=O) groups is 3. The highest BCUT2D eigenvalue weighted by Crippen LogP contribution is 2.15. The predicted octanol–water partition coefficient (Wildman–Crippen LogP) is 17.4. The molecule has 0 aliphatic rings. The average molecular weight is 879 g/mol. The average Bonchev–Trinajstić information content (AvgIpc) is 3.28. The van der Waals surface area contributed by atoms with Crippen molar-refractivity contribution in [2.45, 2.75) is 258 Å². The number of allylic oxidation sites excluding steroid dienone is 12. The van der Waals surface area contributed by atoms with Gasteiger partial charge in [0, 0.05) is 19.3 Å². The van der Waals surface area contributed by atoms with Crippen LogP contribution in [0.2, 0.25) is 0 Å². The van der Waals surface area contributed by atoms with Crippen LogP contribution >= 0.6 is 0 Å². The van der Waals surface area contributed by atoms with Crippen LogP contribution in [0.4, 0.5) is 0 Å². The Morgan fingerprint density at radius 2 is 0.698 bits per heavy atom. The van der Waals surface area contributed by atoms with Crippen molar-refractivity contribution in [3.8, 4) is 0 Å². The number of rotatable bonds is 47. The molecule has 0 radical (unpaired) electrons. The first-order valence-corrected chi connectivity index (χ1v) is 26.5. The molecule has 0 saturated carbocycles. The molecule has 0 saturated heterocycles. The summed E-state index contributed by atoms with van der Waals surface area (Å²) in [4.78, 5) is 38.0. The Bertz CT molecular complexity index is 1190. The van der Waals surface area contributed by atoms with Crippen molar-refractivity contribution in [2.75, 3.05) is 13.2 Å². The Balaban J connectivity index is 4.46. The molecule has 1 atom stereocenters. The molecule has 0 heterocycles. The summed E-state index contributed by atoms with van der Waals surface area (Å²) in [5.74, 6) is -0.958. The lowest BCUT2D eigenvalue weighted by Crippen LogP contribution is -2.30. The van der Waals surface area contributed by atoms with Crippen LogP contribution in [-0.4, -0.2) is 37.2 Å². The summed E-state index contributed by atoms with van der Waals surface area (Å²) in [6.45, 7) is 6.45. The lowest BCUT2D eigenvalue weighted by atomic mass is 10.0. The van der Waals surface area contributed by atoms with Gasteiger partial charge in [0.05, 0.1) is 0 Å². The number of hydrogen-bond acceptors (Lipinski definition) is 6. The normalized spacial score (nSPS) is 12.6. The van der Waals surface area contributed by atoms with Gasteiger partial charge in [-0.3, -0.25) is 14.4 Å². The summed E-state index contributed by atoms with van der Waals surface area (Å²) in [5, 5.41) is 0. The molecule has 0 bridgehead atoms. The molecular weight excluding hydrogens is 781 g/mol. The maximum Gasteiger partial charge on any atom is 0.306 e. The van der Waals surface area contributed by atoms with E-state index in [9.17, 15) is 14.4 Å². The Morgan fingerprint density at radius 3 is 1.16 bits per heavy atom. The SMILES string of the molecule is CC\C=C/C=C\C=C/CCCCCCCCCC(=O)OC(COC(=O)CCC/C=C\C/C=C\C/C=C\CCCCCCCC)COC(=O)CCCCCCCCCCCCCCC. The standard InChI is InChI=1S/C57H98O6/c1-4-7-10-13-16-19-22-25-27-28-30-32-35-38-41-44-47-50-56(59)62-53-54(52-61-55(58)49-46-43-40-37-34-31-24-21-18-15-12-9-6-3)63-57(60)51-48-45-42-39-36-33-29-26-23-20-17-14-11-8-5-2/h8,11,14,17,20,23,25,27,30,32,38,41,54H,4-7,9-10,12-13,15-16,18-19,21-22,24,26,28-29,31,33-37,39-40,42-53H2,1-3H3/b11-8-,17-14-,23-20-,27-25-,32-30-,41-38-. The zero-order valence-electron chi connectivity index (χ0n) is 41.3. The van der Waals surface area contributed by atoms with E-state index in [0.29, 0.717) is 19.3 Å². The summed E-state index contributed by atoms with van der Waals surface area (Å²) < 4.78 is 16.8. The molecule has 0 spiro atoms. The second kappa shape index (κ2) is 51.5. The van der Waals surface area contributed by atoms with E-state index in [0.717, 1.165) is 70.6 Å². The zero-order chi connectivity index (χ0) is 45.8. The number of ether oxygens (including phenoxy) is 3. The van der Waals surface area contributed by atoms with E-state index in [1.165, 1.54) is 135 Å². The van der Waals surface area contributed by atoms with Gasteiger partial charge in [0.15, 0.2) is 6.10 Å². The zero-order valence-corrected chi connectivity index (χ0v) is 41.3. The van der Waals surface area contributed by atoms with Gasteiger partial charge in [0.25, 0.3) is 0 Å². The Labute approximate surface area is 389 Å². The van der Waals surface area contributed by atoms with Crippen molar-refractivity contribution in [3.05, 3.63) is 72.9 Å². The molecule has 0 rings (SSSR count). The second-order valence-corrected chi connectivity index (χ2v) is 17.5. The van der Waals surface area contributed by atoms with Crippen LogP contribution in [0.5, 0.6) is 0 Å². The molecule has 0 aliphatic heterocycles. The minimum atomic E-state index is -0.800. The van der Waals surface area contributed by atoms with E-state index in [2.05, 4.69) is 93.7 Å². The van der Waals surface area contributed by atoms with Gasteiger partial charge >= 0.3 is 17.9 Å². The van der Waals surface area contributed by atoms with E-state index < -0.39 is 6.10 Å². The highest BCUT2D eigenvalue weighted by Gasteiger charge is 2.19. The first-order chi connectivity index (χ1) is 31.0. The number of unbranched alkanes of at least 4 members (excludes halogenated alkanes) is 26. The molecule has 0 aromatic rings. The quantitative estimate of drug-likeness (QED) is 0.0199. The van der Waals surface area contributed by atoms with Gasteiger partial charge in [-0.25, -0.2) is 0 Å². The van der Waals surface area contributed by atoms with Crippen molar-refractivity contribution >= 4 is 17.9 Å². The molecule has 1 unspecified atom stereocenters. The van der Waals surface area contributed by atoms with E-state index in [1.54, 1.807) is 0 Å². The summed E-state index contributed by atoms with van der Waals surface area (Å²) in [6, 6.07) is 0. The van der Waals surface area contributed by atoms with Crippen LogP contribution in [0, 0.1) is 0 Å². The topological polar surface area (TPSA) is 78.9 Å². The fourth-order valence-electron chi connectivity index (χ4n) is 7.28. The molecule has 63 heavy (non-hydrogen) atoms. The molecule has 0 aromatic heterocycles. The fraction of sp³-hybridized carbons (Fsp3) is 0.737. The monoisotopic (exact) mass is 879 g/mol. The van der Waals surface area contributed by atoms with Crippen LogP contribution < -0.4 is 0 Å². The summed E-state index contributed by atoms with van der Waals surface area (Å²) in [7, 11) is 0. The third-order valence-electron chi connectivity index (χ3n) is 11.3. The largest absolute Gasteiger partial charge is 0.462 e. The van der Waals surface area contributed by atoms with Gasteiger partial charge in [0.1, 0.15) is 13.2 Å². The number of carbonyl (C=O) groups excluding carboxylic acids is 3. The summed E-state index contributed by atoms with van der Waals surface area (Å²) in [6.07, 6.45) is 64.6. The molecule has 362 valence electrons. The van der Waals surface area contributed by atoms with Crippen LogP contribution in [0.25, 0.3) is 0 Å². The molecule has 0 aliphatic carbocycles. The van der Waals surface area contributed by atoms with Crippen LogP contribution in [-0.2, 0) is 28.6 Å². The fourth-order valence-corrected chi connectivity index (χ4v) is 7.28. The van der Waals surface area contributed by atoms with Crippen LogP contribution in [0.15, 0.2) is 72.9 Å². The van der Waals surface area contributed by atoms with Gasteiger partial charge in [-0.1, -0.05) is 235 Å². The second-order valence-electron chi connectivity index (χ2n) is 17.5. The van der Waals surface area contributed by atoms with E-state index in [1.807, 2.05) is 0 Å². The first-order valence-electron chi connectivity index (χ1n) is 26.5. The molecule has 0 fully saturated rings. The van der Waals surface area contributed by atoms with Crippen molar-refractivity contribution in [2.24, 2.45) is 0 Å². The van der Waals surface area contributed by atoms with E-state index in [-0.39, 0.29) is 37.5 Å². The van der Waals surface area contributed by atoms with Gasteiger partial charge in [0.2, 0.25) is 0 Å². The molecule has 6 heteroatoms. The smallest absolute Gasteiger partial charge is 0.306 e. The third-order valence-corrected chi connectivity index (χ3v) is 11.3. The maximum absolute atomic E-state index is 12.8. The van der Waals surface area contributed by atoms with Gasteiger partial charge in [-0.2, -0.15) is 0 Å². The van der Waals surface area contributed by atoms with Crippen molar-refractivity contribution in [3.63, 3.8) is 0 Å². The highest BCUT2D eigenvalue weighted by atomic mass is 16.6. The predicted molar refractivity (Wildman–Crippen MR) is 270 cm³/mol. The van der Waals surface area contributed by atoms with Crippen LogP contribution in [0.1, 0.15) is 252 Å². The van der Waals surface area contributed by atoms with E-state index in [4.69, 9.17) is 14.2 Å². The molecule has 0 aromatic carbocycles. The first kappa shape index (κ1) is 59.9. The van der Waals surface area contributed by atoms with Crippen molar-refractivity contribution in [1.82, 2.24) is 0 Å². The third kappa shape index (κ3) is 49.7. The van der Waals surface area contributed by atoms with Gasteiger partial charge in [-0.15, -0.1) is 0 Å². The lowest BCUT2D eigenvalue weighted by molar-refractivity contribution is -0.167. The molecule has 0 N–H and O–H groups in total. The molecule has 0 amide bonds. The highest BCUT2D eigenvalue weighted by molar-refractivity contribution is 5.71. The minimum Gasteiger partial charge on any atom is -0.462 e. The molecule has 6 nitrogen and oxygen atoms in total. The maximum atomic E-state index is 12.8. The molecular formula is C57H98O6. The minimum absolute atomic E-state index is 0.0944. The Morgan fingerprint density at radius 1 is 0.349 bits per heavy atom. The van der Waals surface area contributed by atoms with Crippen molar-refractivity contribution < 1.29 is 28.6 Å². The van der Waals surface area contributed by atoms with Crippen molar-refractivity contribution in [1.29, 1.82) is 0 Å².